The number of amides is 1. The van der Waals surface area contributed by atoms with Gasteiger partial charge in [-0.2, -0.15) is 11.8 Å². The molecule has 92 valence electrons. The Morgan fingerprint density at radius 2 is 2.29 bits per heavy atom. The number of rotatable bonds is 1. The van der Waals surface area contributed by atoms with Crippen molar-refractivity contribution in [2.75, 3.05) is 23.8 Å². The molecule has 1 amide bonds. The van der Waals surface area contributed by atoms with Gasteiger partial charge in [0.1, 0.15) is 0 Å². The molecular formula is C13H18N2OS. The molecule has 1 unspecified atom stereocenters. The van der Waals surface area contributed by atoms with E-state index in [-0.39, 0.29) is 5.91 Å². The SMILES string of the molecule is Cc1c(N)cccc1C(=O)N1CCSCC1C. The van der Waals surface area contributed by atoms with Gasteiger partial charge in [0.2, 0.25) is 0 Å². The van der Waals surface area contributed by atoms with Crippen LogP contribution in [0, 0.1) is 6.92 Å². The molecule has 4 heteroatoms. The highest BCUT2D eigenvalue weighted by Crippen LogP contribution is 2.22. The first kappa shape index (κ1) is 12.3. The minimum atomic E-state index is 0.114. The summed E-state index contributed by atoms with van der Waals surface area (Å²) >= 11 is 1.91. The fourth-order valence-corrected chi connectivity index (χ4v) is 3.08. The van der Waals surface area contributed by atoms with Crippen LogP contribution in [-0.2, 0) is 0 Å². The molecule has 1 atom stereocenters. The Bertz CT molecular complexity index is 433. The van der Waals surface area contributed by atoms with Gasteiger partial charge in [-0.25, -0.2) is 0 Å². The lowest BCUT2D eigenvalue weighted by Gasteiger charge is -2.33. The van der Waals surface area contributed by atoms with E-state index in [2.05, 4.69) is 6.92 Å². The number of nitrogens with two attached hydrogens (primary N) is 1. The van der Waals surface area contributed by atoms with E-state index in [1.165, 1.54) is 0 Å². The summed E-state index contributed by atoms with van der Waals surface area (Å²) in [6.07, 6.45) is 0. The fraction of sp³-hybridized carbons (Fsp3) is 0.462. The van der Waals surface area contributed by atoms with Crippen LogP contribution >= 0.6 is 11.8 Å². The summed E-state index contributed by atoms with van der Waals surface area (Å²) < 4.78 is 0. The van der Waals surface area contributed by atoms with Crippen molar-refractivity contribution in [2.24, 2.45) is 0 Å². The molecule has 0 aliphatic carbocycles. The molecular weight excluding hydrogens is 232 g/mol. The first-order valence-corrected chi connectivity index (χ1v) is 7.00. The summed E-state index contributed by atoms with van der Waals surface area (Å²) in [5.74, 6) is 2.16. The minimum Gasteiger partial charge on any atom is -0.398 e. The van der Waals surface area contributed by atoms with Gasteiger partial charge in [-0.3, -0.25) is 4.79 Å². The topological polar surface area (TPSA) is 46.3 Å². The zero-order chi connectivity index (χ0) is 12.4. The van der Waals surface area contributed by atoms with Crippen LogP contribution in [0.25, 0.3) is 0 Å². The molecule has 1 saturated heterocycles. The predicted octanol–water partition coefficient (Wildman–Crippen LogP) is 2.15. The van der Waals surface area contributed by atoms with E-state index in [1.54, 1.807) is 0 Å². The highest BCUT2D eigenvalue weighted by atomic mass is 32.2. The maximum absolute atomic E-state index is 12.4. The molecule has 1 aliphatic rings. The quantitative estimate of drug-likeness (QED) is 0.777. The lowest BCUT2D eigenvalue weighted by atomic mass is 10.1. The number of nitrogens with zero attached hydrogens (tertiary/aromatic N) is 1. The average molecular weight is 250 g/mol. The normalized spacial score (nSPS) is 20.4. The van der Waals surface area contributed by atoms with E-state index in [9.17, 15) is 4.79 Å². The third kappa shape index (κ3) is 2.41. The molecule has 3 nitrogen and oxygen atoms in total. The van der Waals surface area contributed by atoms with Crippen molar-refractivity contribution in [3.63, 3.8) is 0 Å². The number of nitrogen functional groups attached to an aromatic ring is 1. The Kier molecular flexibility index (Phi) is 3.62. The predicted molar refractivity (Wildman–Crippen MR) is 73.4 cm³/mol. The van der Waals surface area contributed by atoms with E-state index < -0.39 is 0 Å². The maximum atomic E-state index is 12.4. The molecule has 1 fully saturated rings. The largest absolute Gasteiger partial charge is 0.398 e. The number of carbonyl (C=O) groups excluding carboxylic acids is 1. The fourth-order valence-electron chi connectivity index (χ4n) is 2.07. The van der Waals surface area contributed by atoms with Crippen LogP contribution in [-0.4, -0.2) is 34.9 Å². The van der Waals surface area contributed by atoms with Crippen molar-refractivity contribution in [3.05, 3.63) is 29.3 Å². The van der Waals surface area contributed by atoms with Crippen molar-refractivity contribution in [1.29, 1.82) is 0 Å². The number of benzene rings is 1. The summed E-state index contributed by atoms with van der Waals surface area (Å²) in [6, 6.07) is 5.85. The molecule has 0 bridgehead atoms. The van der Waals surface area contributed by atoms with Crippen LogP contribution in [0.2, 0.25) is 0 Å². The lowest BCUT2D eigenvalue weighted by Crippen LogP contribution is -2.44. The van der Waals surface area contributed by atoms with E-state index in [1.807, 2.05) is 41.8 Å². The Balaban J connectivity index is 2.27. The highest BCUT2D eigenvalue weighted by Gasteiger charge is 2.25. The summed E-state index contributed by atoms with van der Waals surface area (Å²) in [6.45, 7) is 4.84. The van der Waals surface area contributed by atoms with Gasteiger partial charge in [0, 0.05) is 35.3 Å². The van der Waals surface area contributed by atoms with Gasteiger partial charge in [0.25, 0.3) is 5.91 Å². The third-order valence-corrected chi connectivity index (χ3v) is 4.42. The molecule has 0 saturated carbocycles. The average Bonchev–Trinajstić information content (AvgIpc) is 2.32. The second-order valence-electron chi connectivity index (χ2n) is 4.44. The van der Waals surface area contributed by atoms with E-state index in [0.29, 0.717) is 11.7 Å². The van der Waals surface area contributed by atoms with Crippen molar-refractivity contribution in [2.45, 2.75) is 19.9 Å². The highest BCUT2D eigenvalue weighted by molar-refractivity contribution is 7.99. The van der Waals surface area contributed by atoms with Crippen molar-refractivity contribution >= 4 is 23.4 Å². The standard InChI is InChI=1S/C13H18N2OS/c1-9-8-17-7-6-15(9)13(16)11-4-3-5-12(14)10(11)2/h3-5,9H,6-8,14H2,1-2H3. The number of carbonyl (C=O) groups is 1. The number of hydrogen-bond acceptors (Lipinski definition) is 3. The molecule has 0 spiro atoms. The zero-order valence-corrected chi connectivity index (χ0v) is 11.1. The molecule has 2 N–H and O–H groups in total. The molecule has 1 aliphatic heterocycles. The van der Waals surface area contributed by atoms with Gasteiger partial charge in [0.05, 0.1) is 0 Å². The molecule has 17 heavy (non-hydrogen) atoms. The summed E-state index contributed by atoms with van der Waals surface area (Å²) in [7, 11) is 0. The van der Waals surface area contributed by atoms with Gasteiger partial charge in [-0.15, -0.1) is 0 Å². The zero-order valence-electron chi connectivity index (χ0n) is 10.3. The molecule has 2 rings (SSSR count). The van der Waals surface area contributed by atoms with Gasteiger partial charge >= 0.3 is 0 Å². The van der Waals surface area contributed by atoms with Gasteiger partial charge in [-0.1, -0.05) is 6.07 Å². The molecule has 1 heterocycles. The lowest BCUT2D eigenvalue weighted by molar-refractivity contribution is 0.0715. The summed E-state index contributed by atoms with van der Waals surface area (Å²) in [5.41, 5.74) is 8.17. The summed E-state index contributed by atoms with van der Waals surface area (Å²) in [5, 5.41) is 0. The van der Waals surface area contributed by atoms with Gasteiger partial charge in [0.15, 0.2) is 0 Å². The summed E-state index contributed by atoms with van der Waals surface area (Å²) in [4.78, 5) is 14.4. The number of hydrogen-bond donors (Lipinski definition) is 1. The van der Waals surface area contributed by atoms with Crippen LogP contribution < -0.4 is 5.73 Å². The van der Waals surface area contributed by atoms with E-state index >= 15 is 0 Å². The molecule has 0 aromatic heterocycles. The van der Waals surface area contributed by atoms with Crippen LogP contribution in [0.1, 0.15) is 22.8 Å². The third-order valence-electron chi connectivity index (χ3n) is 3.23. The second kappa shape index (κ2) is 5.00. The first-order chi connectivity index (χ1) is 8.11. The van der Waals surface area contributed by atoms with Crippen molar-refractivity contribution in [1.82, 2.24) is 4.90 Å². The minimum absolute atomic E-state index is 0.114. The second-order valence-corrected chi connectivity index (χ2v) is 5.59. The Morgan fingerprint density at radius 3 is 3.00 bits per heavy atom. The molecule has 1 aromatic rings. The van der Waals surface area contributed by atoms with E-state index in [0.717, 1.165) is 29.2 Å². The van der Waals surface area contributed by atoms with Gasteiger partial charge < -0.3 is 10.6 Å². The Morgan fingerprint density at radius 1 is 1.53 bits per heavy atom. The first-order valence-electron chi connectivity index (χ1n) is 5.85. The van der Waals surface area contributed by atoms with Crippen molar-refractivity contribution < 1.29 is 4.79 Å². The van der Waals surface area contributed by atoms with Gasteiger partial charge in [-0.05, 0) is 31.5 Å². The molecule has 0 radical (unpaired) electrons. The Labute approximate surface area is 106 Å². The Hall–Kier alpha value is -1.16. The number of anilines is 1. The smallest absolute Gasteiger partial charge is 0.254 e. The number of thioether (sulfide) groups is 1. The van der Waals surface area contributed by atoms with Crippen molar-refractivity contribution in [3.8, 4) is 0 Å². The monoisotopic (exact) mass is 250 g/mol. The van der Waals surface area contributed by atoms with E-state index in [4.69, 9.17) is 5.73 Å². The van der Waals surface area contributed by atoms with Crippen LogP contribution in [0.4, 0.5) is 5.69 Å². The van der Waals surface area contributed by atoms with Crippen LogP contribution in [0.5, 0.6) is 0 Å². The van der Waals surface area contributed by atoms with Crippen LogP contribution in [0.3, 0.4) is 0 Å². The molecule has 1 aromatic carbocycles. The maximum Gasteiger partial charge on any atom is 0.254 e. The van der Waals surface area contributed by atoms with Crippen LogP contribution in [0.15, 0.2) is 18.2 Å².